The van der Waals surface area contributed by atoms with Crippen LogP contribution in [-0.4, -0.2) is 47.2 Å². The first kappa shape index (κ1) is 27.6. The summed E-state index contributed by atoms with van der Waals surface area (Å²) in [7, 11) is 0. The fourth-order valence-corrected chi connectivity index (χ4v) is 5.05. The highest BCUT2D eigenvalue weighted by Gasteiger charge is 2.56. The van der Waals surface area contributed by atoms with E-state index in [4.69, 9.17) is 0 Å². The van der Waals surface area contributed by atoms with E-state index >= 15 is 0 Å². The van der Waals surface area contributed by atoms with Gasteiger partial charge in [-0.25, -0.2) is 13.2 Å². The molecule has 3 atom stereocenters. The zero-order valence-corrected chi connectivity index (χ0v) is 21.4. The van der Waals surface area contributed by atoms with Crippen LogP contribution in [0.1, 0.15) is 39.2 Å². The molecule has 2 aliphatic rings. The van der Waals surface area contributed by atoms with Crippen LogP contribution in [0.5, 0.6) is 0 Å². The van der Waals surface area contributed by atoms with Gasteiger partial charge in [0.2, 0.25) is 11.8 Å². The Balaban J connectivity index is 1.58. The van der Waals surface area contributed by atoms with Crippen LogP contribution in [0.4, 0.5) is 24.5 Å². The number of benzene rings is 2. The van der Waals surface area contributed by atoms with Crippen LogP contribution >= 0.6 is 0 Å². The lowest BCUT2D eigenvalue weighted by Crippen LogP contribution is -2.53. The third-order valence-electron chi connectivity index (χ3n) is 6.79. The predicted octanol–water partition coefficient (Wildman–Crippen LogP) is 2.98. The molecule has 1 spiro atoms. The summed E-state index contributed by atoms with van der Waals surface area (Å²) in [5.74, 6) is -7.95. The lowest BCUT2D eigenvalue weighted by Gasteiger charge is -2.31. The van der Waals surface area contributed by atoms with Crippen molar-refractivity contribution in [2.75, 3.05) is 17.2 Å². The maximum Gasteiger partial charge on any atom is 0.313 e. The molecule has 1 saturated heterocycles. The number of nitrogens with zero attached hydrogens (tertiary/aromatic N) is 2. The van der Waals surface area contributed by atoms with Crippen molar-refractivity contribution < 1.29 is 32.3 Å². The van der Waals surface area contributed by atoms with Crippen molar-refractivity contribution in [3.8, 4) is 6.07 Å². The smallest absolute Gasteiger partial charge is 0.313 e. The monoisotopic (exact) mass is 541 g/mol. The van der Waals surface area contributed by atoms with E-state index in [2.05, 4.69) is 16.7 Å². The SMILES string of the molecule is CC(C)(C)C[C@H](NC(=O)C(=O)Nc1c(F)cc(F)cc1F)C(=O)N1C[C@]2(C[C@H]1C#N)C(=O)Nc1ccccc12. The summed E-state index contributed by atoms with van der Waals surface area (Å²) in [6, 6.07) is 7.41. The Morgan fingerprint density at radius 2 is 1.79 bits per heavy atom. The second-order valence-corrected chi connectivity index (χ2v) is 10.9. The van der Waals surface area contributed by atoms with E-state index in [-0.39, 0.29) is 25.3 Å². The Morgan fingerprint density at radius 1 is 1.15 bits per heavy atom. The molecule has 3 N–H and O–H groups in total. The van der Waals surface area contributed by atoms with Crippen molar-refractivity contribution >= 4 is 35.0 Å². The van der Waals surface area contributed by atoms with Gasteiger partial charge in [0.1, 0.15) is 23.6 Å². The summed E-state index contributed by atoms with van der Waals surface area (Å²) in [5.41, 5.74) is -1.48. The minimum Gasteiger partial charge on any atom is -0.336 e. The fraction of sp³-hybridized carbons (Fsp3) is 0.370. The number of anilines is 2. The minimum atomic E-state index is -1.48. The molecule has 1 fully saturated rings. The number of nitrogens with one attached hydrogen (secondary N) is 3. The van der Waals surface area contributed by atoms with Crippen LogP contribution in [0.25, 0.3) is 0 Å². The standard InChI is InChI=1S/C27H26F3N5O4/c1-26(2,3)11-20(32-22(36)23(37)34-21-17(29)8-14(28)9-18(21)30)24(38)35-13-27(10-15(35)12-31)16-6-4-5-7-19(16)33-25(27)39/h4-9,15,20H,10-11,13H2,1-3H3,(H,32,36)(H,33,39)(H,34,37)/t15-,20-,27-/m0/s1. The minimum absolute atomic E-state index is 0.0363. The molecular formula is C27H26F3N5O4. The quantitative estimate of drug-likeness (QED) is 0.513. The lowest BCUT2D eigenvalue weighted by atomic mass is 9.80. The molecule has 2 aromatic carbocycles. The van der Waals surface area contributed by atoms with Gasteiger partial charge in [-0.2, -0.15) is 5.26 Å². The summed E-state index contributed by atoms with van der Waals surface area (Å²) < 4.78 is 41.1. The molecule has 39 heavy (non-hydrogen) atoms. The molecule has 204 valence electrons. The number of likely N-dealkylation sites (tertiary alicyclic amines) is 1. The maximum atomic E-state index is 14.0. The van der Waals surface area contributed by atoms with E-state index in [1.807, 2.05) is 0 Å². The normalized spacial score (nSPS) is 20.7. The van der Waals surface area contributed by atoms with Crippen LogP contribution in [0, 0.1) is 34.2 Å². The van der Waals surface area contributed by atoms with Crippen molar-refractivity contribution in [1.29, 1.82) is 5.26 Å². The summed E-state index contributed by atoms with van der Waals surface area (Å²) in [4.78, 5) is 53.2. The molecule has 4 amide bonds. The summed E-state index contributed by atoms with van der Waals surface area (Å²) >= 11 is 0. The molecule has 0 saturated carbocycles. The summed E-state index contributed by atoms with van der Waals surface area (Å²) in [5, 5.41) is 16.7. The summed E-state index contributed by atoms with van der Waals surface area (Å²) in [6.07, 6.45) is 0.0758. The lowest BCUT2D eigenvalue weighted by molar-refractivity contribution is -0.141. The molecule has 0 bridgehead atoms. The molecule has 2 heterocycles. The topological polar surface area (TPSA) is 131 Å². The Labute approximate surface area is 222 Å². The molecule has 2 aromatic rings. The Kier molecular flexibility index (Phi) is 7.12. The molecular weight excluding hydrogens is 515 g/mol. The maximum absolute atomic E-state index is 14.0. The van der Waals surface area contributed by atoms with Gasteiger partial charge in [-0.05, 0) is 23.5 Å². The average molecular weight is 542 g/mol. The number of rotatable bonds is 4. The van der Waals surface area contributed by atoms with E-state index in [1.165, 1.54) is 4.90 Å². The molecule has 0 aromatic heterocycles. The zero-order chi connectivity index (χ0) is 28.7. The van der Waals surface area contributed by atoms with Gasteiger partial charge in [-0.3, -0.25) is 19.2 Å². The average Bonchev–Trinajstić information content (AvgIpc) is 3.37. The highest BCUT2D eigenvalue weighted by atomic mass is 19.1. The summed E-state index contributed by atoms with van der Waals surface area (Å²) in [6.45, 7) is 5.24. The van der Waals surface area contributed by atoms with Crippen molar-refractivity contribution in [1.82, 2.24) is 10.2 Å². The second-order valence-electron chi connectivity index (χ2n) is 10.9. The van der Waals surface area contributed by atoms with Crippen LogP contribution in [0.15, 0.2) is 36.4 Å². The first-order valence-corrected chi connectivity index (χ1v) is 12.1. The highest BCUT2D eigenvalue weighted by Crippen LogP contribution is 2.46. The highest BCUT2D eigenvalue weighted by molar-refractivity contribution is 6.40. The van der Waals surface area contributed by atoms with Gasteiger partial charge in [0.15, 0.2) is 11.6 Å². The van der Waals surface area contributed by atoms with Gasteiger partial charge >= 0.3 is 11.8 Å². The van der Waals surface area contributed by atoms with Gasteiger partial charge < -0.3 is 20.9 Å². The Bertz CT molecular complexity index is 1390. The Hall–Kier alpha value is -4.40. The number of halogens is 3. The number of carbonyl (C=O) groups excluding carboxylic acids is 4. The van der Waals surface area contributed by atoms with Crippen molar-refractivity contribution in [2.45, 2.75) is 51.1 Å². The number of fused-ring (bicyclic) bond motifs is 2. The molecule has 12 heteroatoms. The largest absolute Gasteiger partial charge is 0.336 e. The third kappa shape index (κ3) is 5.30. The number of hydrogen-bond acceptors (Lipinski definition) is 5. The molecule has 2 aliphatic heterocycles. The van der Waals surface area contributed by atoms with Crippen molar-refractivity contribution in [2.24, 2.45) is 5.41 Å². The van der Waals surface area contributed by atoms with E-state index in [1.54, 1.807) is 50.4 Å². The van der Waals surface area contributed by atoms with E-state index in [0.717, 1.165) is 0 Å². The Morgan fingerprint density at radius 3 is 2.41 bits per heavy atom. The predicted molar refractivity (Wildman–Crippen MR) is 133 cm³/mol. The van der Waals surface area contributed by atoms with E-state index in [0.29, 0.717) is 23.4 Å². The van der Waals surface area contributed by atoms with Crippen molar-refractivity contribution in [3.05, 3.63) is 59.4 Å². The van der Waals surface area contributed by atoms with Gasteiger partial charge in [-0.15, -0.1) is 0 Å². The van der Waals surface area contributed by atoms with Gasteiger partial charge in [0.25, 0.3) is 0 Å². The number of carbonyl (C=O) groups is 4. The molecule has 0 unspecified atom stereocenters. The van der Waals surface area contributed by atoms with Crippen LogP contribution in [0.2, 0.25) is 0 Å². The van der Waals surface area contributed by atoms with Gasteiger partial charge in [0.05, 0.1) is 11.5 Å². The number of amides is 4. The number of nitriles is 1. The van der Waals surface area contributed by atoms with Gasteiger partial charge in [0, 0.05) is 30.8 Å². The second kappa shape index (κ2) is 10.1. The third-order valence-corrected chi connectivity index (χ3v) is 6.79. The van der Waals surface area contributed by atoms with Crippen molar-refractivity contribution in [3.63, 3.8) is 0 Å². The fourth-order valence-electron chi connectivity index (χ4n) is 5.05. The molecule has 0 radical (unpaired) electrons. The molecule has 0 aliphatic carbocycles. The zero-order valence-electron chi connectivity index (χ0n) is 21.4. The molecule has 9 nitrogen and oxygen atoms in total. The van der Waals surface area contributed by atoms with Gasteiger partial charge in [-0.1, -0.05) is 39.0 Å². The van der Waals surface area contributed by atoms with E-state index in [9.17, 15) is 37.6 Å². The number of hydrogen-bond donors (Lipinski definition) is 3. The first-order chi connectivity index (χ1) is 18.3. The van der Waals surface area contributed by atoms with Crippen LogP contribution in [-0.2, 0) is 24.6 Å². The molecule has 4 rings (SSSR count). The van der Waals surface area contributed by atoms with Crippen LogP contribution < -0.4 is 16.0 Å². The first-order valence-electron chi connectivity index (χ1n) is 12.1. The number of para-hydroxylation sites is 1. The van der Waals surface area contributed by atoms with Crippen LogP contribution in [0.3, 0.4) is 0 Å². The van der Waals surface area contributed by atoms with E-state index < -0.39 is 63.8 Å².